The zero-order valence-corrected chi connectivity index (χ0v) is 15.3. The van der Waals surface area contributed by atoms with Crippen molar-refractivity contribution >= 4 is 23.2 Å². The van der Waals surface area contributed by atoms with Gasteiger partial charge in [-0.05, 0) is 42.3 Å². The minimum atomic E-state index is -0.320. The van der Waals surface area contributed by atoms with Crippen molar-refractivity contribution in [1.82, 2.24) is 0 Å². The Labute approximate surface area is 159 Å². The van der Waals surface area contributed by atoms with Gasteiger partial charge in [0.25, 0.3) is 0 Å². The molecule has 3 aromatic rings. The van der Waals surface area contributed by atoms with Crippen molar-refractivity contribution in [2.75, 3.05) is 10.2 Å². The van der Waals surface area contributed by atoms with Crippen LogP contribution in [0, 0.1) is 6.92 Å². The maximum absolute atomic E-state index is 12.9. The van der Waals surface area contributed by atoms with E-state index >= 15 is 0 Å². The summed E-state index contributed by atoms with van der Waals surface area (Å²) >= 11 is 0. The molecule has 4 heteroatoms. The highest BCUT2D eigenvalue weighted by molar-refractivity contribution is 6.09. The third kappa shape index (κ3) is 5.28. The fraction of sp³-hybridized carbons (Fsp3) is 0.130. The molecule has 0 unspecified atom stereocenters. The summed E-state index contributed by atoms with van der Waals surface area (Å²) in [5, 5.41) is 2.80. The molecule has 0 atom stereocenters. The number of anilines is 2. The minimum Gasteiger partial charge on any atom is -0.326 e. The Bertz CT molecular complexity index is 908. The van der Waals surface area contributed by atoms with E-state index < -0.39 is 0 Å². The first kappa shape index (κ1) is 18.4. The molecule has 0 aliphatic carbocycles. The van der Waals surface area contributed by atoms with E-state index in [9.17, 15) is 9.59 Å². The van der Waals surface area contributed by atoms with E-state index in [-0.39, 0.29) is 18.2 Å². The van der Waals surface area contributed by atoms with Gasteiger partial charge in [-0.3, -0.25) is 9.59 Å². The third-order valence-electron chi connectivity index (χ3n) is 4.17. The average Bonchev–Trinajstić information content (AvgIpc) is 2.67. The van der Waals surface area contributed by atoms with E-state index in [1.807, 2.05) is 91.9 Å². The number of nitrogens with zero attached hydrogens (tertiary/aromatic N) is 1. The molecule has 3 aromatic carbocycles. The molecule has 0 fully saturated rings. The van der Waals surface area contributed by atoms with E-state index in [0.29, 0.717) is 12.2 Å². The summed E-state index contributed by atoms with van der Waals surface area (Å²) in [6, 6.07) is 26.7. The van der Waals surface area contributed by atoms with Crippen LogP contribution in [0.3, 0.4) is 0 Å². The number of aryl methyl sites for hydroxylation is 1. The smallest absolute Gasteiger partial charge is 0.236 e. The predicted molar refractivity (Wildman–Crippen MR) is 108 cm³/mol. The molecule has 0 saturated heterocycles. The fourth-order valence-corrected chi connectivity index (χ4v) is 2.86. The quantitative estimate of drug-likeness (QED) is 0.657. The van der Waals surface area contributed by atoms with E-state index in [0.717, 1.165) is 16.8 Å². The first-order valence-electron chi connectivity index (χ1n) is 8.88. The average molecular weight is 358 g/mol. The summed E-state index contributed by atoms with van der Waals surface area (Å²) in [7, 11) is 0. The highest BCUT2D eigenvalue weighted by Gasteiger charge is 2.19. The molecular formula is C23H22N2O2. The summed E-state index contributed by atoms with van der Waals surface area (Å²) < 4.78 is 0. The Morgan fingerprint density at radius 2 is 1.52 bits per heavy atom. The highest BCUT2D eigenvalue weighted by atomic mass is 16.2. The van der Waals surface area contributed by atoms with Gasteiger partial charge in [0, 0.05) is 11.4 Å². The first-order chi connectivity index (χ1) is 13.1. The van der Waals surface area contributed by atoms with E-state index in [2.05, 4.69) is 5.32 Å². The van der Waals surface area contributed by atoms with Crippen LogP contribution < -0.4 is 10.2 Å². The third-order valence-corrected chi connectivity index (χ3v) is 4.17. The largest absolute Gasteiger partial charge is 0.326 e. The lowest BCUT2D eigenvalue weighted by molar-refractivity contribution is -0.125. The molecule has 2 amide bonds. The van der Waals surface area contributed by atoms with Gasteiger partial charge in [0.15, 0.2) is 0 Å². The van der Waals surface area contributed by atoms with Gasteiger partial charge in [-0.2, -0.15) is 0 Å². The monoisotopic (exact) mass is 358 g/mol. The molecule has 0 heterocycles. The molecule has 0 aliphatic heterocycles. The Morgan fingerprint density at radius 1 is 0.852 bits per heavy atom. The van der Waals surface area contributed by atoms with Crippen LogP contribution in [0.4, 0.5) is 11.4 Å². The number of para-hydroxylation sites is 1. The number of carbonyl (C=O) groups is 2. The van der Waals surface area contributed by atoms with Gasteiger partial charge < -0.3 is 10.2 Å². The van der Waals surface area contributed by atoms with Crippen molar-refractivity contribution in [3.8, 4) is 0 Å². The zero-order valence-electron chi connectivity index (χ0n) is 15.3. The van der Waals surface area contributed by atoms with Gasteiger partial charge in [0.1, 0.15) is 6.42 Å². The standard InChI is InChI=1S/C23H22N2O2/c1-18-9-8-12-20(15-18)24-22(26)16-23(27)25(21-13-6-3-7-14-21)17-19-10-4-2-5-11-19/h2-15H,16-17H2,1H3,(H,24,26). The Morgan fingerprint density at radius 3 is 2.19 bits per heavy atom. The number of amides is 2. The van der Waals surface area contributed by atoms with Crippen molar-refractivity contribution in [3.05, 3.63) is 96.1 Å². The maximum atomic E-state index is 12.9. The molecule has 0 aromatic heterocycles. The van der Waals surface area contributed by atoms with Gasteiger partial charge in [0.05, 0.1) is 6.54 Å². The molecule has 0 bridgehead atoms. The summed E-state index contributed by atoms with van der Waals surface area (Å²) in [5.41, 5.74) is 3.53. The van der Waals surface area contributed by atoms with E-state index in [1.165, 1.54) is 0 Å². The predicted octanol–water partition coefficient (Wildman–Crippen LogP) is 4.56. The van der Waals surface area contributed by atoms with E-state index in [4.69, 9.17) is 0 Å². The SMILES string of the molecule is Cc1cccc(NC(=O)CC(=O)N(Cc2ccccc2)c2ccccc2)c1. The van der Waals surface area contributed by atoms with Gasteiger partial charge in [-0.25, -0.2) is 0 Å². The maximum Gasteiger partial charge on any atom is 0.236 e. The van der Waals surface area contributed by atoms with Crippen LogP contribution in [0.1, 0.15) is 17.5 Å². The van der Waals surface area contributed by atoms with Crippen molar-refractivity contribution in [2.45, 2.75) is 19.9 Å². The van der Waals surface area contributed by atoms with E-state index in [1.54, 1.807) is 4.90 Å². The lowest BCUT2D eigenvalue weighted by atomic mass is 10.1. The van der Waals surface area contributed by atoms with Gasteiger partial charge >= 0.3 is 0 Å². The number of nitrogens with one attached hydrogen (secondary N) is 1. The van der Waals surface area contributed by atoms with Crippen LogP contribution in [-0.4, -0.2) is 11.8 Å². The molecular weight excluding hydrogens is 336 g/mol. The molecule has 4 nitrogen and oxygen atoms in total. The normalized spacial score (nSPS) is 10.3. The number of benzene rings is 3. The van der Waals surface area contributed by atoms with Crippen molar-refractivity contribution in [2.24, 2.45) is 0 Å². The molecule has 0 saturated carbocycles. The van der Waals surface area contributed by atoms with Crippen molar-refractivity contribution in [1.29, 1.82) is 0 Å². The van der Waals surface area contributed by atoms with Crippen LogP contribution in [0.5, 0.6) is 0 Å². The second kappa shape index (κ2) is 8.81. The number of hydrogen-bond acceptors (Lipinski definition) is 2. The highest BCUT2D eigenvalue weighted by Crippen LogP contribution is 2.18. The lowest BCUT2D eigenvalue weighted by Gasteiger charge is -2.23. The Balaban J connectivity index is 1.73. The zero-order chi connectivity index (χ0) is 19.1. The van der Waals surface area contributed by atoms with Crippen LogP contribution in [0.25, 0.3) is 0 Å². The first-order valence-corrected chi connectivity index (χ1v) is 8.88. The topological polar surface area (TPSA) is 49.4 Å². The van der Waals surface area contributed by atoms with Crippen LogP contribution in [-0.2, 0) is 16.1 Å². The summed E-state index contributed by atoms with van der Waals surface area (Å²) in [4.78, 5) is 26.9. The molecule has 3 rings (SSSR count). The number of rotatable bonds is 6. The number of hydrogen-bond donors (Lipinski definition) is 1. The van der Waals surface area contributed by atoms with Crippen molar-refractivity contribution < 1.29 is 9.59 Å². The van der Waals surface area contributed by atoms with Crippen LogP contribution >= 0.6 is 0 Å². The number of carbonyl (C=O) groups excluding carboxylic acids is 2. The van der Waals surface area contributed by atoms with Gasteiger partial charge in [-0.1, -0.05) is 60.7 Å². The van der Waals surface area contributed by atoms with Crippen molar-refractivity contribution in [3.63, 3.8) is 0 Å². The molecule has 0 spiro atoms. The van der Waals surface area contributed by atoms with Crippen LogP contribution in [0.15, 0.2) is 84.9 Å². The summed E-state index contributed by atoms with van der Waals surface area (Å²) in [6.45, 7) is 2.37. The van der Waals surface area contributed by atoms with Crippen LogP contribution in [0.2, 0.25) is 0 Å². The molecule has 0 aliphatic rings. The summed E-state index contributed by atoms with van der Waals surface area (Å²) in [6.07, 6.45) is -0.213. The Kier molecular flexibility index (Phi) is 6.00. The fourth-order valence-electron chi connectivity index (χ4n) is 2.86. The second-order valence-electron chi connectivity index (χ2n) is 6.40. The molecule has 136 valence electrons. The molecule has 27 heavy (non-hydrogen) atoms. The lowest BCUT2D eigenvalue weighted by Crippen LogP contribution is -2.33. The molecule has 0 radical (unpaired) electrons. The Hall–Kier alpha value is -3.40. The second-order valence-corrected chi connectivity index (χ2v) is 6.40. The van der Waals surface area contributed by atoms with Gasteiger partial charge in [0.2, 0.25) is 11.8 Å². The molecule has 1 N–H and O–H groups in total. The minimum absolute atomic E-state index is 0.213. The van der Waals surface area contributed by atoms with Gasteiger partial charge in [-0.15, -0.1) is 0 Å². The summed E-state index contributed by atoms with van der Waals surface area (Å²) in [5.74, 6) is -0.560.